The maximum atomic E-state index is 2.41. The van der Waals surface area contributed by atoms with Gasteiger partial charge in [0.15, 0.2) is 0 Å². The Labute approximate surface area is 312 Å². The average Bonchev–Trinajstić information content (AvgIpc) is 3.92. The highest BCUT2D eigenvalue weighted by molar-refractivity contribution is 6.18. The molecule has 0 saturated heterocycles. The number of hydrogen-bond acceptors (Lipinski definition) is 1. The minimum absolute atomic E-state index is 1.09. The number of aromatic nitrogens is 3. The molecule has 0 unspecified atom stereocenters. The van der Waals surface area contributed by atoms with E-state index in [1.54, 1.807) is 0 Å². The lowest BCUT2D eigenvalue weighted by atomic mass is 10.1. The van der Waals surface area contributed by atoms with Gasteiger partial charge in [-0.1, -0.05) is 103 Å². The minimum Gasteiger partial charge on any atom is -0.316 e. The Morgan fingerprint density at radius 3 is 1.57 bits per heavy atom. The van der Waals surface area contributed by atoms with Crippen molar-refractivity contribution in [1.29, 1.82) is 0 Å². The molecule has 254 valence electrons. The summed E-state index contributed by atoms with van der Waals surface area (Å²) in [4.78, 5) is 2.37. The topological polar surface area (TPSA) is 18.0 Å². The molecular weight excluding hydrogens is 657 g/mol. The lowest BCUT2D eigenvalue weighted by Crippen LogP contribution is -2.10. The van der Waals surface area contributed by atoms with Crippen LogP contribution in [0, 0.1) is 0 Å². The number of anilines is 3. The van der Waals surface area contributed by atoms with Crippen LogP contribution < -0.4 is 4.90 Å². The average molecular weight is 691 g/mol. The van der Waals surface area contributed by atoms with Crippen LogP contribution in [0.2, 0.25) is 0 Å². The summed E-state index contributed by atoms with van der Waals surface area (Å²) in [6.07, 6.45) is 2.22. The molecule has 54 heavy (non-hydrogen) atoms. The molecule has 0 atom stereocenters. The van der Waals surface area contributed by atoms with Gasteiger partial charge in [-0.05, 0) is 97.1 Å². The maximum absolute atomic E-state index is 2.41. The summed E-state index contributed by atoms with van der Waals surface area (Å²) in [5.41, 5.74) is 12.7. The van der Waals surface area contributed by atoms with Crippen LogP contribution in [0.4, 0.5) is 17.1 Å². The molecule has 4 nitrogen and oxygen atoms in total. The third-order valence-corrected chi connectivity index (χ3v) is 10.8. The SMILES string of the molecule is c1ccc(N(c2cccc(-n3ccc4c3ccc3c5ccccc5n(-c5ccccc5)c34)c2)c2ccc3c(c2)c2ccccc2n3-c2ccccc2)cc1. The van der Waals surface area contributed by atoms with Gasteiger partial charge >= 0.3 is 0 Å². The number of nitrogens with zero attached hydrogens (tertiary/aromatic N) is 4. The van der Waals surface area contributed by atoms with E-state index in [2.05, 4.69) is 225 Å². The zero-order chi connectivity index (χ0) is 35.6. The van der Waals surface area contributed by atoms with E-state index in [1.165, 1.54) is 54.5 Å². The fraction of sp³-hybridized carbons (Fsp3) is 0. The van der Waals surface area contributed by atoms with Gasteiger partial charge in [0.1, 0.15) is 0 Å². The summed E-state index contributed by atoms with van der Waals surface area (Å²) in [5.74, 6) is 0. The minimum atomic E-state index is 1.09. The lowest BCUT2D eigenvalue weighted by molar-refractivity contribution is 1.12. The van der Waals surface area contributed by atoms with Crippen molar-refractivity contribution in [2.45, 2.75) is 0 Å². The Bertz CT molecular complexity index is 3150. The number of hydrogen-bond donors (Lipinski definition) is 0. The van der Waals surface area contributed by atoms with E-state index in [0.717, 1.165) is 34.1 Å². The van der Waals surface area contributed by atoms with Crippen LogP contribution in [0.15, 0.2) is 206 Å². The number of benzene rings is 8. The molecule has 0 N–H and O–H groups in total. The van der Waals surface area contributed by atoms with Crippen molar-refractivity contribution in [1.82, 2.24) is 13.7 Å². The van der Waals surface area contributed by atoms with Gasteiger partial charge in [-0.3, -0.25) is 0 Å². The van der Waals surface area contributed by atoms with Crippen LogP contribution in [0.25, 0.3) is 71.6 Å². The van der Waals surface area contributed by atoms with E-state index in [9.17, 15) is 0 Å². The Balaban J connectivity index is 1.09. The zero-order valence-corrected chi connectivity index (χ0v) is 29.4. The van der Waals surface area contributed by atoms with E-state index in [4.69, 9.17) is 0 Å². The molecule has 11 rings (SSSR count). The summed E-state index contributed by atoms with van der Waals surface area (Å²) < 4.78 is 7.11. The predicted molar refractivity (Wildman–Crippen MR) is 227 cm³/mol. The van der Waals surface area contributed by atoms with Crippen LogP contribution in [-0.2, 0) is 0 Å². The highest BCUT2D eigenvalue weighted by Gasteiger charge is 2.20. The number of rotatable bonds is 6. The summed E-state index contributed by atoms with van der Waals surface area (Å²) >= 11 is 0. The molecule has 0 aliphatic carbocycles. The first-order chi connectivity index (χ1) is 26.8. The molecule has 0 bridgehead atoms. The smallest absolute Gasteiger partial charge is 0.0635 e. The van der Waals surface area contributed by atoms with Crippen molar-refractivity contribution in [3.63, 3.8) is 0 Å². The van der Waals surface area contributed by atoms with Gasteiger partial charge in [-0.2, -0.15) is 0 Å². The number of para-hydroxylation sites is 5. The first-order valence-electron chi connectivity index (χ1n) is 18.4. The molecule has 0 saturated carbocycles. The standard InChI is InChI=1S/C50H34N4/c1-4-15-35(16-5-1)52(40-27-29-49-45(34-40)42-24-11-12-25-47(42)53(49)36-17-6-2-7-18-36)39-22-14-21-38(33-39)51-32-31-44-46(51)30-28-43-41-23-10-13-26-48(41)54(50(43)44)37-19-8-3-9-20-37/h1-34H. The van der Waals surface area contributed by atoms with Crippen LogP contribution in [0.3, 0.4) is 0 Å². The quantitative estimate of drug-likeness (QED) is 0.170. The molecule has 0 aliphatic heterocycles. The highest BCUT2D eigenvalue weighted by Crippen LogP contribution is 2.41. The van der Waals surface area contributed by atoms with Crippen molar-refractivity contribution in [2.75, 3.05) is 4.90 Å². The third-order valence-electron chi connectivity index (χ3n) is 10.8. The van der Waals surface area contributed by atoms with E-state index in [0.29, 0.717) is 0 Å². The Kier molecular flexibility index (Phi) is 6.82. The van der Waals surface area contributed by atoms with Crippen LogP contribution >= 0.6 is 0 Å². The summed E-state index contributed by atoms with van der Waals surface area (Å²) in [7, 11) is 0. The summed E-state index contributed by atoms with van der Waals surface area (Å²) in [6, 6.07) is 72.1. The molecule has 11 aromatic rings. The molecular formula is C50H34N4. The highest BCUT2D eigenvalue weighted by atomic mass is 15.1. The van der Waals surface area contributed by atoms with E-state index < -0.39 is 0 Å². The Morgan fingerprint density at radius 2 is 0.833 bits per heavy atom. The lowest BCUT2D eigenvalue weighted by Gasteiger charge is -2.26. The van der Waals surface area contributed by atoms with Crippen molar-refractivity contribution in [2.24, 2.45) is 0 Å². The van der Waals surface area contributed by atoms with Gasteiger partial charge in [0.05, 0.1) is 27.6 Å². The van der Waals surface area contributed by atoms with E-state index in [1.807, 2.05) is 0 Å². The van der Waals surface area contributed by atoms with Gasteiger partial charge in [0.2, 0.25) is 0 Å². The van der Waals surface area contributed by atoms with Gasteiger partial charge in [-0.25, -0.2) is 0 Å². The van der Waals surface area contributed by atoms with E-state index >= 15 is 0 Å². The van der Waals surface area contributed by atoms with E-state index in [-0.39, 0.29) is 0 Å². The van der Waals surface area contributed by atoms with Gasteiger partial charge < -0.3 is 18.6 Å². The molecule has 0 amide bonds. The van der Waals surface area contributed by atoms with Crippen molar-refractivity contribution in [3.8, 4) is 17.1 Å². The molecule has 0 radical (unpaired) electrons. The van der Waals surface area contributed by atoms with Crippen LogP contribution in [0.5, 0.6) is 0 Å². The molecule has 4 heteroatoms. The summed E-state index contributed by atoms with van der Waals surface area (Å²) in [5, 5.41) is 6.19. The zero-order valence-electron chi connectivity index (χ0n) is 29.4. The van der Waals surface area contributed by atoms with Crippen LogP contribution in [0.1, 0.15) is 0 Å². The second-order valence-corrected chi connectivity index (χ2v) is 13.8. The van der Waals surface area contributed by atoms with Gasteiger partial charge in [0.25, 0.3) is 0 Å². The molecule has 0 fully saturated rings. The first-order valence-corrected chi connectivity index (χ1v) is 18.4. The number of fused-ring (bicyclic) bond motifs is 8. The molecule has 0 aliphatic rings. The Morgan fingerprint density at radius 1 is 0.296 bits per heavy atom. The monoisotopic (exact) mass is 690 g/mol. The molecule has 8 aromatic carbocycles. The normalized spacial score (nSPS) is 11.7. The van der Waals surface area contributed by atoms with Gasteiger partial charge in [0, 0.05) is 67.3 Å². The first kappa shape index (κ1) is 30.3. The third kappa shape index (κ3) is 4.64. The maximum Gasteiger partial charge on any atom is 0.0635 e. The van der Waals surface area contributed by atoms with Crippen LogP contribution in [-0.4, -0.2) is 13.7 Å². The fourth-order valence-electron chi connectivity index (χ4n) is 8.51. The second-order valence-electron chi connectivity index (χ2n) is 13.8. The van der Waals surface area contributed by atoms with Crippen molar-refractivity contribution in [3.05, 3.63) is 206 Å². The van der Waals surface area contributed by atoms with Crippen molar-refractivity contribution < 1.29 is 0 Å². The Hall–Kier alpha value is -7.30. The van der Waals surface area contributed by atoms with Crippen molar-refractivity contribution >= 4 is 71.6 Å². The summed E-state index contributed by atoms with van der Waals surface area (Å²) in [6.45, 7) is 0. The predicted octanol–water partition coefficient (Wildman–Crippen LogP) is 13.3. The molecule has 3 heterocycles. The largest absolute Gasteiger partial charge is 0.316 e. The second kappa shape index (κ2) is 12.1. The molecule has 0 spiro atoms. The van der Waals surface area contributed by atoms with Gasteiger partial charge in [-0.15, -0.1) is 0 Å². The molecule has 3 aromatic heterocycles. The fourth-order valence-corrected chi connectivity index (χ4v) is 8.51.